The lowest BCUT2D eigenvalue weighted by Crippen LogP contribution is -2.43. The Bertz CT molecular complexity index is 1060. The van der Waals surface area contributed by atoms with Gasteiger partial charge in [-0.2, -0.15) is 0 Å². The van der Waals surface area contributed by atoms with Gasteiger partial charge in [-0.3, -0.25) is 9.59 Å². The molecule has 1 aliphatic heterocycles. The number of carboxylic acids is 1. The van der Waals surface area contributed by atoms with Crippen molar-refractivity contribution in [2.75, 3.05) is 13.1 Å². The maximum Gasteiger partial charge on any atom is 0.307 e. The van der Waals surface area contributed by atoms with Gasteiger partial charge in [0.25, 0.3) is 5.56 Å². The van der Waals surface area contributed by atoms with E-state index in [1.807, 2.05) is 0 Å². The molecule has 1 saturated heterocycles. The molecular weight excluding hydrogens is 346 g/mol. The van der Waals surface area contributed by atoms with Crippen LogP contribution < -0.4 is 10.9 Å². The van der Waals surface area contributed by atoms with E-state index in [4.69, 9.17) is 16.1 Å². The summed E-state index contributed by atoms with van der Waals surface area (Å²) in [5.74, 6) is -0.983. The number of rotatable bonds is 2. The van der Waals surface area contributed by atoms with E-state index in [1.54, 1.807) is 29.7 Å². The third kappa shape index (κ3) is 2.42. The predicted molar refractivity (Wildman–Crippen MR) is 93.2 cm³/mol. The van der Waals surface area contributed by atoms with E-state index in [9.17, 15) is 14.7 Å². The van der Waals surface area contributed by atoms with Gasteiger partial charge in [0.1, 0.15) is 16.7 Å². The Labute approximate surface area is 147 Å². The van der Waals surface area contributed by atoms with Crippen LogP contribution in [0.3, 0.4) is 0 Å². The third-order valence-electron chi connectivity index (χ3n) is 4.83. The lowest BCUT2D eigenvalue weighted by Gasteiger charge is -2.30. The second-order valence-electron chi connectivity index (χ2n) is 6.35. The van der Waals surface area contributed by atoms with Gasteiger partial charge in [-0.15, -0.1) is 0 Å². The Morgan fingerprint density at radius 3 is 2.96 bits per heavy atom. The van der Waals surface area contributed by atoms with Gasteiger partial charge in [-0.25, -0.2) is 0 Å². The highest BCUT2D eigenvalue weighted by Gasteiger charge is 2.30. The molecule has 0 saturated carbocycles. The fourth-order valence-corrected chi connectivity index (χ4v) is 3.90. The molecule has 3 aromatic rings. The topological polar surface area (TPSA) is 97.4 Å². The number of nitrogens with zero attached hydrogens (tertiary/aromatic N) is 2. The van der Waals surface area contributed by atoms with Crippen LogP contribution in [0.15, 0.2) is 27.5 Å². The highest BCUT2D eigenvalue weighted by Crippen LogP contribution is 2.33. The summed E-state index contributed by atoms with van der Waals surface area (Å²) < 4.78 is 6.86. The van der Waals surface area contributed by atoms with Gasteiger partial charge >= 0.3 is 5.97 Å². The van der Waals surface area contributed by atoms with Crippen LogP contribution in [0.4, 0.5) is 0 Å². The minimum absolute atomic E-state index is 0.235. The number of aliphatic carboxylic acids is 1. The normalized spacial score (nSPS) is 21.0. The monoisotopic (exact) mass is 361 g/mol. The maximum absolute atomic E-state index is 13.2. The molecule has 1 aromatic carbocycles. The van der Waals surface area contributed by atoms with Crippen molar-refractivity contribution >= 4 is 39.4 Å². The molecule has 8 heteroatoms. The summed E-state index contributed by atoms with van der Waals surface area (Å²) in [6.45, 7) is 2.60. The zero-order chi connectivity index (χ0) is 17.7. The van der Waals surface area contributed by atoms with Crippen LogP contribution >= 0.6 is 11.6 Å². The maximum atomic E-state index is 13.2. The second kappa shape index (κ2) is 5.86. The Morgan fingerprint density at radius 1 is 1.40 bits per heavy atom. The molecule has 3 heterocycles. The van der Waals surface area contributed by atoms with Crippen LogP contribution in [0.25, 0.3) is 21.8 Å². The van der Waals surface area contributed by atoms with E-state index in [2.05, 4.69) is 10.5 Å². The summed E-state index contributed by atoms with van der Waals surface area (Å²) in [6.07, 6.45) is 0.375. The largest absolute Gasteiger partial charge is 0.481 e. The fourth-order valence-electron chi connectivity index (χ4n) is 3.64. The van der Waals surface area contributed by atoms with Crippen molar-refractivity contribution in [3.63, 3.8) is 0 Å². The van der Waals surface area contributed by atoms with Gasteiger partial charge in [-0.05, 0) is 25.5 Å². The van der Waals surface area contributed by atoms with Crippen LogP contribution in [0.5, 0.6) is 0 Å². The van der Waals surface area contributed by atoms with Crippen molar-refractivity contribution in [3.8, 4) is 0 Å². The Hall–Kier alpha value is -2.38. The van der Waals surface area contributed by atoms with Crippen LogP contribution in [-0.2, 0) is 4.79 Å². The summed E-state index contributed by atoms with van der Waals surface area (Å²) in [7, 11) is 0. The lowest BCUT2D eigenvalue weighted by atomic mass is 9.95. The third-order valence-corrected chi connectivity index (χ3v) is 5.14. The summed E-state index contributed by atoms with van der Waals surface area (Å²) >= 11 is 6.38. The summed E-state index contributed by atoms with van der Waals surface area (Å²) in [5.41, 5.74) is 0.843. The van der Waals surface area contributed by atoms with Gasteiger partial charge in [0.15, 0.2) is 0 Å². The lowest BCUT2D eigenvalue weighted by molar-refractivity contribution is -0.142. The van der Waals surface area contributed by atoms with Crippen molar-refractivity contribution in [2.45, 2.75) is 19.4 Å². The molecular formula is C17H16ClN3O4. The molecule has 0 amide bonds. The van der Waals surface area contributed by atoms with Gasteiger partial charge in [0, 0.05) is 18.5 Å². The van der Waals surface area contributed by atoms with Gasteiger partial charge in [0.2, 0.25) is 0 Å². The number of hydrogen-bond donors (Lipinski definition) is 2. The number of hydrogen-bond acceptors (Lipinski definition) is 5. The number of fused-ring (bicyclic) bond motifs is 3. The molecule has 2 N–H and O–H groups in total. The smallest absolute Gasteiger partial charge is 0.307 e. The molecule has 7 nitrogen and oxygen atoms in total. The highest BCUT2D eigenvalue weighted by atomic mass is 35.5. The quantitative estimate of drug-likeness (QED) is 0.727. The number of benzene rings is 1. The number of pyridine rings is 1. The van der Waals surface area contributed by atoms with Crippen molar-refractivity contribution in [2.24, 2.45) is 5.92 Å². The van der Waals surface area contributed by atoms with E-state index in [0.29, 0.717) is 52.1 Å². The van der Waals surface area contributed by atoms with Crippen molar-refractivity contribution in [3.05, 3.63) is 39.3 Å². The van der Waals surface area contributed by atoms with Crippen LogP contribution in [0.2, 0.25) is 5.02 Å². The first kappa shape index (κ1) is 16.1. The Balaban J connectivity index is 2.03. The van der Waals surface area contributed by atoms with Crippen molar-refractivity contribution in [1.82, 2.24) is 15.0 Å². The van der Waals surface area contributed by atoms with E-state index < -0.39 is 11.9 Å². The molecule has 1 aliphatic rings. The molecule has 4 rings (SSSR count). The van der Waals surface area contributed by atoms with Crippen LogP contribution in [-0.4, -0.2) is 33.9 Å². The first-order valence-corrected chi connectivity index (χ1v) is 8.39. The van der Waals surface area contributed by atoms with Gasteiger partial charge in [0.05, 0.1) is 22.5 Å². The highest BCUT2D eigenvalue weighted by molar-refractivity contribution is 6.37. The number of nitrogens with one attached hydrogen (secondary N) is 1. The average molecular weight is 362 g/mol. The average Bonchev–Trinajstić information content (AvgIpc) is 2.97. The zero-order valence-electron chi connectivity index (χ0n) is 13.5. The Morgan fingerprint density at radius 2 is 2.20 bits per heavy atom. The van der Waals surface area contributed by atoms with Crippen LogP contribution in [0, 0.1) is 12.8 Å². The van der Waals surface area contributed by atoms with E-state index in [1.165, 1.54) is 0 Å². The molecule has 1 fully saturated rings. The minimum atomic E-state index is -0.866. The second-order valence-corrected chi connectivity index (χ2v) is 6.76. The van der Waals surface area contributed by atoms with E-state index >= 15 is 0 Å². The van der Waals surface area contributed by atoms with Gasteiger partial charge < -0.3 is 19.5 Å². The number of carbonyl (C=O) groups is 1. The predicted octanol–water partition coefficient (Wildman–Crippen LogP) is 2.34. The molecule has 0 aliphatic carbocycles. The Kier molecular flexibility index (Phi) is 3.77. The standard InChI is InChI=1S/C17H16ClN3O4/c1-8-13-15(20-25-8)14-11(18)3-2-4-12(14)21(16(13)22)10-5-9(17(23)24)6-19-7-10/h2-4,9-10,19H,5-7H2,1H3,(H,23,24). The molecule has 0 radical (unpaired) electrons. The number of aromatic nitrogens is 2. The SMILES string of the molecule is Cc1onc2c1c(=O)n(C1CNCC(C(=O)O)C1)c1cccc(Cl)c21. The summed E-state index contributed by atoms with van der Waals surface area (Å²) in [6, 6.07) is 5.02. The number of aryl methyl sites for hydroxylation is 1. The van der Waals surface area contributed by atoms with Gasteiger partial charge in [-0.1, -0.05) is 22.8 Å². The molecule has 2 aromatic heterocycles. The molecule has 0 bridgehead atoms. The summed E-state index contributed by atoms with van der Waals surface area (Å²) in [5, 5.41) is 18.0. The molecule has 130 valence electrons. The van der Waals surface area contributed by atoms with E-state index in [-0.39, 0.29) is 11.6 Å². The van der Waals surface area contributed by atoms with Crippen LogP contribution in [0.1, 0.15) is 18.2 Å². The molecule has 0 spiro atoms. The van der Waals surface area contributed by atoms with Crippen molar-refractivity contribution < 1.29 is 14.4 Å². The summed E-state index contributed by atoms with van der Waals surface area (Å²) in [4.78, 5) is 24.5. The zero-order valence-corrected chi connectivity index (χ0v) is 14.2. The number of carboxylic acid groups (broad SMARTS) is 1. The molecule has 25 heavy (non-hydrogen) atoms. The first-order valence-electron chi connectivity index (χ1n) is 8.01. The number of halogens is 1. The minimum Gasteiger partial charge on any atom is -0.481 e. The van der Waals surface area contributed by atoms with Crippen molar-refractivity contribution in [1.29, 1.82) is 0 Å². The number of piperidine rings is 1. The first-order chi connectivity index (χ1) is 12.0. The van der Waals surface area contributed by atoms with E-state index in [0.717, 1.165) is 0 Å². The molecule has 2 unspecified atom stereocenters. The molecule has 2 atom stereocenters. The fraction of sp³-hybridized carbons (Fsp3) is 0.353.